The molecule has 1 saturated heterocycles. The van der Waals surface area contributed by atoms with Crippen molar-refractivity contribution in [1.82, 2.24) is 25.2 Å². The first kappa shape index (κ1) is 26.9. The maximum absolute atomic E-state index is 12.6. The summed E-state index contributed by atoms with van der Waals surface area (Å²) in [5, 5.41) is 2.88. The van der Waals surface area contributed by atoms with E-state index in [2.05, 4.69) is 19.9 Å². The van der Waals surface area contributed by atoms with E-state index < -0.39 is 24.5 Å². The van der Waals surface area contributed by atoms with Gasteiger partial charge in [0.25, 0.3) is 0 Å². The van der Waals surface area contributed by atoms with Gasteiger partial charge in [-0.3, -0.25) is 14.7 Å². The molecule has 8 nitrogen and oxygen atoms in total. The number of amides is 1. The molecule has 1 unspecified atom stereocenters. The summed E-state index contributed by atoms with van der Waals surface area (Å²) in [4.78, 5) is 26.7. The van der Waals surface area contributed by atoms with Gasteiger partial charge < -0.3 is 19.8 Å². The van der Waals surface area contributed by atoms with Crippen molar-refractivity contribution in [2.45, 2.75) is 26.4 Å². The molecule has 0 aromatic carbocycles. The molecule has 4 rings (SSSR count). The van der Waals surface area contributed by atoms with Crippen molar-refractivity contribution in [2.24, 2.45) is 11.8 Å². The third-order valence-electron chi connectivity index (χ3n) is 6.45. The molecule has 200 valence electrons. The van der Waals surface area contributed by atoms with Crippen LogP contribution in [-0.4, -0.2) is 77.9 Å². The summed E-state index contributed by atoms with van der Waals surface area (Å²) in [5.74, 6) is -0.721. The Morgan fingerprint density at radius 3 is 2.73 bits per heavy atom. The minimum Gasteiger partial charge on any atom is -0.491 e. The van der Waals surface area contributed by atoms with Crippen LogP contribution in [0.25, 0.3) is 22.2 Å². The Balaban J connectivity index is 1.47. The van der Waals surface area contributed by atoms with Crippen LogP contribution >= 0.6 is 0 Å². The highest BCUT2D eigenvalue weighted by Crippen LogP contribution is 2.31. The van der Waals surface area contributed by atoms with Crippen molar-refractivity contribution in [3.05, 3.63) is 42.5 Å². The minimum absolute atomic E-state index is 0.147. The lowest BCUT2D eigenvalue weighted by molar-refractivity contribution is -0.141. The summed E-state index contributed by atoms with van der Waals surface area (Å²) in [6.07, 6.45) is 2.70. The second-order valence-corrected chi connectivity index (χ2v) is 9.54. The number of alkyl halides is 3. The molecular formula is C26H32F3N5O3. The van der Waals surface area contributed by atoms with Crippen LogP contribution in [-0.2, 0) is 16.0 Å². The van der Waals surface area contributed by atoms with Crippen LogP contribution in [0.1, 0.15) is 19.4 Å². The van der Waals surface area contributed by atoms with Crippen molar-refractivity contribution < 1.29 is 27.4 Å². The van der Waals surface area contributed by atoms with E-state index >= 15 is 0 Å². The molecule has 0 spiro atoms. The molecule has 0 bridgehead atoms. The second kappa shape index (κ2) is 11.9. The number of morpholine rings is 1. The fourth-order valence-corrected chi connectivity index (χ4v) is 4.37. The zero-order chi connectivity index (χ0) is 26.4. The predicted octanol–water partition coefficient (Wildman–Crippen LogP) is 3.83. The molecule has 1 amide bonds. The number of ether oxygens (including phenoxy) is 2. The summed E-state index contributed by atoms with van der Waals surface area (Å²) < 4.78 is 49.1. The average Bonchev–Trinajstić information content (AvgIpc) is 3.29. The Hall–Kier alpha value is -3.18. The molecule has 0 saturated carbocycles. The Morgan fingerprint density at radius 2 is 2.00 bits per heavy atom. The molecule has 1 aliphatic heterocycles. The number of aromatic nitrogens is 3. The number of H-pyrrole nitrogens is 1. The van der Waals surface area contributed by atoms with Crippen LogP contribution in [0.5, 0.6) is 5.75 Å². The Labute approximate surface area is 213 Å². The lowest BCUT2D eigenvalue weighted by Gasteiger charge is -2.26. The topological polar surface area (TPSA) is 92.4 Å². The summed E-state index contributed by atoms with van der Waals surface area (Å²) in [6.45, 7) is 6.92. The van der Waals surface area contributed by atoms with E-state index in [1.807, 2.05) is 37.5 Å². The summed E-state index contributed by atoms with van der Waals surface area (Å²) in [5.41, 5.74) is 3.15. The van der Waals surface area contributed by atoms with E-state index in [0.29, 0.717) is 18.0 Å². The fraction of sp³-hybridized carbons (Fsp3) is 0.500. The molecule has 1 atom stereocenters. The van der Waals surface area contributed by atoms with Gasteiger partial charge in [0, 0.05) is 60.7 Å². The molecule has 0 radical (unpaired) electrons. The van der Waals surface area contributed by atoms with Crippen molar-refractivity contribution in [1.29, 1.82) is 0 Å². The molecular weight excluding hydrogens is 487 g/mol. The van der Waals surface area contributed by atoms with Crippen LogP contribution in [0.3, 0.4) is 0 Å². The molecule has 3 aromatic heterocycles. The van der Waals surface area contributed by atoms with E-state index in [1.165, 1.54) is 0 Å². The summed E-state index contributed by atoms with van der Waals surface area (Å²) in [7, 11) is 0. The van der Waals surface area contributed by atoms with E-state index in [0.717, 1.165) is 54.9 Å². The molecule has 11 heteroatoms. The number of hydrogen-bond donors (Lipinski definition) is 2. The Bertz CT molecular complexity index is 1190. The maximum Gasteiger partial charge on any atom is 0.405 e. The first-order valence-corrected chi connectivity index (χ1v) is 12.4. The van der Waals surface area contributed by atoms with Gasteiger partial charge in [-0.05, 0) is 30.0 Å². The van der Waals surface area contributed by atoms with Crippen LogP contribution in [0.15, 0.2) is 36.9 Å². The summed E-state index contributed by atoms with van der Waals surface area (Å²) in [6, 6.07) is 3.84. The Kier molecular flexibility index (Phi) is 8.65. The standard InChI is InChI=1S/C26H32F3N5O3/c1-17(2)21(25(35)33-16-26(27,28)29)10-18-9-19(13-30-12-18)23-15-32-24-22(23)11-20(14-31-24)37-8-5-34-3-6-36-7-4-34/h9,11-15,17,21H,3-8,10,16H2,1-2H3,(H,31,32)(H,33,35). The molecule has 4 heterocycles. The van der Waals surface area contributed by atoms with Crippen molar-refractivity contribution >= 4 is 16.9 Å². The van der Waals surface area contributed by atoms with E-state index in [-0.39, 0.29) is 12.3 Å². The van der Waals surface area contributed by atoms with Gasteiger partial charge in [0.05, 0.1) is 19.4 Å². The highest BCUT2D eigenvalue weighted by atomic mass is 19.4. The van der Waals surface area contributed by atoms with Gasteiger partial charge in [-0.2, -0.15) is 13.2 Å². The highest BCUT2D eigenvalue weighted by molar-refractivity contribution is 5.94. The third-order valence-corrected chi connectivity index (χ3v) is 6.45. The van der Waals surface area contributed by atoms with Gasteiger partial charge in [0.1, 0.15) is 24.5 Å². The lowest BCUT2D eigenvalue weighted by atomic mass is 9.88. The molecule has 1 fully saturated rings. The zero-order valence-corrected chi connectivity index (χ0v) is 21.0. The molecule has 2 N–H and O–H groups in total. The molecule has 0 aliphatic carbocycles. The molecule has 1 aliphatic rings. The van der Waals surface area contributed by atoms with Gasteiger partial charge in [0.2, 0.25) is 5.91 Å². The zero-order valence-electron chi connectivity index (χ0n) is 21.0. The van der Waals surface area contributed by atoms with Gasteiger partial charge >= 0.3 is 6.18 Å². The third kappa shape index (κ3) is 7.42. The highest BCUT2D eigenvalue weighted by Gasteiger charge is 2.30. The van der Waals surface area contributed by atoms with Gasteiger partial charge in [-0.25, -0.2) is 4.98 Å². The monoisotopic (exact) mass is 519 g/mol. The number of carbonyl (C=O) groups is 1. The number of pyridine rings is 2. The average molecular weight is 520 g/mol. The van der Waals surface area contributed by atoms with E-state index in [9.17, 15) is 18.0 Å². The number of nitrogens with zero attached hydrogens (tertiary/aromatic N) is 3. The molecule has 3 aromatic rings. The number of rotatable bonds is 10. The normalized spacial score (nSPS) is 15.7. The SMILES string of the molecule is CC(C)C(Cc1cncc(-c2c[nH]c3ncc(OCCN4CCOCC4)cc23)c1)C(=O)NCC(F)(F)F. The number of aromatic amines is 1. The van der Waals surface area contributed by atoms with Gasteiger partial charge in [0.15, 0.2) is 0 Å². The number of nitrogens with one attached hydrogen (secondary N) is 2. The van der Waals surface area contributed by atoms with Crippen LogP contribution in [0, 0.1) is 11.8 Å². The maximum atomic E-state index is 12.6. The minimum atomic E-state index is -4.45. The smallest absolute Gasteiger partial charge is 0.405 e. The van der Waals surface area contributed by atoms with Crippen molar-refractivity contribution in [3.63, 3.8) is 0 Å². The van der Waals surface area contributed by atoms with E-state index in [1.54, 1.807) is 18.6 Å². The fourth-order valence-electron chi connectivity index (χ4n) is 4.37. The number of halogens is 3. The number of carbonyl (C=O) groups excluding carboxylic acids is 1. The summed E-state index contributed by atoms with van der Waals surface area (Å²) >= 11 is 0. The van der Waals surface area contributed by atoms with Crippen molar-refractivity contribution in [3.8, 4) is 16.9 Å². The number of fused-ring (bicyclic) bond motifs is 1. The van der Waals surface area contributed by atoms with Crippen LogP contribution in [0.4, 0.5) is 13.2 Å². The van der Waals surface area contributed by atoms with Crippen LogP contribution in [0.2, 0.25) is 0 Å². The quantitative estimate of drug-likeness (QED) is 0.423. The lowest BCUT2D eigenvalue weighted by Crippen LogP contribution is -2.40. The Morgan fingerprint density at radius 1 is 1.22 bits per heavy atom. The first-order chi connectivity index (χ1) is 17.7. The molecule has 37 heavy (non-hydrogen) atoms. The van der Waals surface area contributed by atoms with Crippen LogP contribution < -0.4 is 10.1 Å². The number of hydrogen-bond acceptors (Lipinski definition) is 6. The largest absolute Gasteiger partial charge is 0.491 e. The second-order valence-electron chi connectivity index (χ2n) is 9.54. The van der Waals surface area contributed by atoms with Crippen molar-refractivity contribution in [2.75, 3.05) is 46.0 Å². The van der Waals surface area contributed by atoms with Gasteiger partial charge in [-0.15, -0.1) is 0 Å². The van der Waals surface area contributed by atoms with Gasteiger partial charge in [-0.1, -0.05) is 13.8 Å². The first-order valence-electron chi connectivity index (χ1n) is 12.4. The predicted molar refractivity (Wildman–Crippen MR) is 133 cm³/mol. The van der Waals surface area contributed by atoms with E-state index in [4.69, 9.17) is 9.47 Å².